The minimum Gasteiger partial charge on any atom is -0.361 e. The molecule has 0 aromatic carbocycles. The summed E-state index contributed by atoms with van der Waals surface area (Å²) >= 11 is 4.66. The van der Waals surface area contributed by atoms with Gasteiger partial charge in [-0.25, -0.2) is 8.42 Å². The molecule has 0 amide bonds. The zero-order valence-corrected chi connectivity index (χ0v) is 12.8. The zero-order chi connectivity index (χ0) is 13.3. The van der Waals surface area contributed by atoms with Crippen molar-refractivity contribution < 1.29 is 13.2 Å². The molecule has 8 heteroatoms. The number of hydrogen-bond donors (Lipinski definition) is 0. The fraction of sp³-hybridized carbons (Fsp3) is 0.500. The molecular formula is C10H11BrN2O3S2. The van der Waals surface area contributed by atoms with Crippen molar-refractivity contribution in [2.75, 3.05) is 19.7 Å². The van der Waals surface area contributed by atoms with Crippen molar-refractivity contribution in [2.45, 2.75) is 17.9 Å². The quantitative estimate of drug-likeness (QED) is 0.814. The Labute approximate surface area is 118 Å². The second-order valence-corrected chi connectivity index (χ2v) is 8.36. The molecule has 0 saturated carbocycles. The summed E-state index contributed by atoms with van der Waals surface area (Å²) in [5.74, 6) is 0. The van der Waals surface area contributed by atoms with Gasteiger partial charge < -0.3 is 4.74 Å². The van der Waals surface area contributed by atoms with Crippen LogP contribution in [0.25, 0.3) is 0 Å². The largest absolute Gasteiger partial charge is 0.361 e. The highest BCUT2D eigenvalue weighted by molar-refractivity contribution is 9.11. The Morgan fingerprint density at radius 2 is 2.39 bits per heavy atom. The Kier molecular flexibility index (Phi) is 4.08. The summed E-state index contributed by atoms with van der Waals surface area (Å²) in [4.78, 5) is 1.04. The zero-order valence-electron chi connectivity index (χ0n) is 9.59. The predicted molar refractivity (Wildman–Crippen MR) is 70.9 cm³/mol. The van der Waals surface area contributed by atoms with Crippen LogP contribution in [0.3, 0.4) is 0 Å². The minimum absolute atomic E-state index is 0.0890. The van der Waals surface area contributed by atoms with E-state index >= 15 is 0 Å². The highest BCUT2D eigenvalue weighted by atomic mass is 79.9. The molecule has 0 aliphatic carbocycles. The summed E-state index contributed by atoms with van der Waals surface area (Å²) in [5.41, 5.74) is 0. The van der Waals surface area contributed by atoms with Crippen LogP contribution in [0.15, 0.2) is 14.7 Å². The van der Waals surface area contributed by atoms with Crippen molar-refractivity contribution in [3.8, 4) is 6.07 Å². The molecule has 0 N–H and O–H groups in total. The van der Waals surface area contributed by atoms with E-state index in [4.69, 9.17) is 10.00 Å². The maximum Gasteiger partial charge on any atom is 0.244 e. The lowest BCUT2D eigenvalue weighted by Gasteiger charge is -2.28. The van der Waals surface area contributed by atoms with Crippen LogP contribution in [0.1, 0.15) is 4.88 Å². The Bertz CT molecular complexity index is 591. The standard InChI is InChI=1S/C10H11BrN2O3S2/c1-7-9(4-10(11)17-7)18(14,15)13-2-3-16-8(5-12)6-13/h4,8H,2-3,6H2,1H3. The van der Waals surface area contributed by atoms with Gasteiger partial charge in [0.05, 0.1) is 27.9 Å². The molecule has 1 aromatic rings. The lowest BCUT2D eigenvalue weighted by molar-refractivity contribution is 0.0311. The number of thiophene rings is 1. The third kappa shape index (κ3) is 2.60. The summed E-state index contributed by atoms with van der Waals surface area (Å²) in [6, 6.07) is 3.55. The molecule has 0 radical (unpaired) electrons. The van der Waals surface area contributed by atoms with Gasteiger partial charge in [-0.1, -0.05) is 0 Å². The van der Waals surface area contributed by atoms with Crippen LogP contribution in [0.4, 0.5) is 0 Å². The van der Waals surface area contributed by atoms with E-state index < -0.39 is 16.1 Å². The number of nitriles is 1. The first kappa shape index (κ1) is 14.0. The third-order valence-electron chi connectivity index (χ3n) is 2.63. The van der Waals surface area contributed by atoms with Crippen molar-refractivity contribution in [3.05, 3.63) is 14.7 Å². The van der Waals surface area contributed by atoms with Gasteiger partial charge in [0.1, 0.15) is 0 Å². The smallest absolute Gasteiger partial charge is 0.244 e. The van der Waals surface area contributed by atoms with Crippen LogP contribution >= 0.6 is 27.3 Å². The average molecular weight is 351 g/mol. The third-order valence-corrected chi connectivity index (χ3v) is 6.31. The topological polar surface area (TPSA) is 70.4 Å². The SMILES string of the molecule is Cc1sc(Br)cc1S(=O)(=O)N1CCOC(C#N)C1. The lowest BCUT2D eigenvalue weighted by Crippen LogP contribution is -2.45. The van der Waals surface area contributed by atoms with E-state index in [1.165, 1.54) is 15.6 Å². The van der Waals surface area contributed by atoms with Gasteiger partial charge in [0.25, 0.3) is 0 Å². The van der Waals surface area contributed by atoms with Gasteiger partial charge >= 0.3 is 0 Å². The van der Waals surface area contributed by atoms with E-state index in [9.17, 15) is 8.42 Å². The van der Waals surface area contributed by atoms with Crippen molar-refractivity contribution in [3.63, 3.8) is 0 Å². The molecule has 2 rings (SSSR count). The highest BCUT2D eigenvalue weighted by Crippen LogP contribution is 2.32. The lowest BCUT2D eigenvalue weighted by atomic mass is 10.3. The second kappa shape index (κ2) is 5.27. The number of rotatable bonds is 2. The van der Waals surface area contributed by atoms with Crippen LogP contribution in [0.5, 0.6) is 0 Å². The second-order valence-electron chi connectivity index (χ2n) is 3.82. The summed E-state index contributed by atoms with van der Waals surface area (Å²) in [6.45, 7) is 2.39. The number of hydrogen-bond acceptors (Lipinski definition) is 5. The average Bonchev–Trinajstić information content (AvgIpc) is 2.69. The van der Waals surface area contributed by atoms with Gasteiger partial charge in [-0.3, -0.25) is 0 Å². The van der Waals surface area contributed by atoms with Crippen LogP contribution in [-0.2, 0) is 14.8 Å². The maximum atomic E-state index is 12.4. The van der Waals surface area contributed by atoms with Crippen molar-refractivity contribution >= 4 is 37.3 Å². The Balaban J connectivity index is 2.32. The van der Waals surface area contributed by atoms with Gasteiger partial charge in [-0.15, -0.1) is 11.3 Å². The van der Waals surface area contributed by atoms with Gasteiger partial charge in [0.15, 0.2) is 6.10 Å². The Hall–Kier alpha value is -0.460. The van der Waals surface area contributed by atoms with Gasteiger partial charge in [0.2, 0.25) is 10.0 Å². The highest BCUT2D eigenvalue weighted by Gasteiger charge is 2.32. The van der Waals surface area contributed by atoms with Crippen molar-refractivity contribution in [1.29, 1.82) is 5.26 Å². The summed E-state index contributed by atoms with van der Waals surface area (Å²) in [6.07, 6.45) is -0.684. The number of aryl methyl sites for hydroxylation is 1. The summed E-state index contributed by atoms with van der Waals surface area (Å²) in [7, 11) is -3.53. The molecule has 5 nitrogen and oxygen atoms in total. The molecule has 1 aliphatic rings. The Morgan fingerprint density at radius 1 is 1.67 bits per heavy atom. The van der Waals surface area contributed by atoms with E-state index in [1.807, 2.05) is 6.07 Å². The molecule has 0 spiro atoms. The molecule has 18 heavy (non-hydrogen) atoms. The number of sulfonamides is 1. The maximum absolute atomic E-state index is 12.4. The Morgan fingerprint density at radius 3 is 2.94 bits per heavy atom. The fourth-order valence-corrected chi connectivity index (χ4v) is 5.56. The first-order valence-electron chi connectivity index (χ1n) is 5.22. The van der Waals surface area contributed by atoms with E-state index in [-0.39, 0.29) is 19.7 Å². The van der Waals surface area contributed by atoms with Crippen LogP contribution in [0.2, 0.25) is 0 Å². The number of halogens is 1. The first-order valence-corrected chi connectivity index (χ1v) is 8.27. The molecule has 1 saturated heterocycles. The van der Waals surface area contributed by atoms with E-state index in [0.717, 1.165) is 8.66 Å². The monoisotopic (exact) mass is 350 g/mol. The fourth-order valence-electron chi connectivity index (χ4n) is 1.75. The molecule has 1 atom stereocenters. The number of ether oxygens (including phenoxy) is 1. The minimum atomic E-state index is -3.53. The molecule has 2 heterocycles. The molecular weight excluding hydrogens is 340 g/mol. The van der Waals surface area contributed by atoms with E-state index in [1.54, 1.807) is 13.0 Å². The predicted octanol–water partition coefficient (Wildman–Crippen LogP) is 1.73. The number of nitrogens with zero attached hydrogens (tertiary/aromatic N) is 2. The molecule has 98 valence electrons. The van der Waals surface area contributed by atoms with E-state index in [0.29, 0.717) is 4.90 Å². The van der Waals surface area contributed by atoms with Crippen molar-refractivity contribution in [1.82, 2.24) is 4.31 Å². The molecule has 1 fully saturated rings. The van der Waals surface area contributed by atoms with Gasteiger partial charge in [0, 0.05) is 11.4 Å². The normalized spacial score (nSPS) is 21.7. The van der Waals surface area contributed by atoms with E-state index in [2.05, 4.69) is 15.9 Å². The number of morpholine rings is 1. The van der Waals surface area contributed by atoms with Gasteiger partial charge in [-0.05, 0) is 28.9 Å². The summed E-state index contributed by atoms with van der Waals surface area (Å²) in [5, 5.41) is 8.80. The summed E-state index contributed by atoms with van der Waals surface area (Å²) < 4.78 is 32.1. The van der Waals surface area contributed by atoms with Crippen LogP contribution < -0.4 is 0 Å². The first-order chi connectivity index (χ1) is 8.45. The van der Waals surface area contributed by atoms with Crippen LogP contribution in [-0.4, -0.2) is 38.5 Å². The van der Waals surface area contributed by atoms with Crippen LogP contribution in [0, 0.1) is 18.3 Å². The molecule has 1 aliphatic heterocycles. The van der Waals surface area contributed by atoms with Gasteiger partial charge in [-0.2, -0.15) is 9.57 Å². The molecule has 1 aromatic heterocycles. The molecule has 1 unspecified atom stereocenters. The molecule has 0 bridgehead atoms. The van der Waals surface area contributed by atoms with Crippen molar-refractivity contribution in [2.24, 2.45) is 0 Å².